The predicted octanol–water partition coefficient (Wildman–Crippen LogP) is 4.48. The molecule has 1 aromatic carbocycles. The molecular weight excluding hydrogens is 470 g/mol. The molecule has 2 aliphatic rings. The van der Waals surface area contributed by atoms with E-state index in [-0.39, 0.29) is 27.9 Å². The molecule has 10 heteroatoms. The number of hydrogen-bond donors (Lipinski definition) is 0. The average molecular weight is 504 g/mol. The minimum absolute atomic E-state index is 0.0282. The maximum absolute atomic E-state index is 13.2. The predicted molar refractivity (Wildman–Crippen MR) is 131 cm³/mol. The van der Waals surface area contributed by atoms with Crippen LogP contribution in [0.15, 0.2) is 45.7 Å². The lowest BCUT2D eigenvalue weighted by molar-refractivity contribution is -0.402. The number of ketones is 1. The van der Waals surface area contributed by atoms with E-state index in [1.807, 2.05) is 13.8 Å². The van der Waals surface area contributed by atoms with Crippen LogP contribution in [-0.4, -0.2) is 54.5 Å². The number of Topliss-reactive ketones (excluding diaryl/α,β-unsaturated/α-hetero) is 1. The second kappa shape index (κ2) is 10.2. The van der Waals surface area contributed by atoms with Gasteiger partial charge >= 0.3 is 5.88 Å². The van der Waals surface area contributed by atoms with Crippen LogP contribution in [0.3, 0.4) is 0 Å². The van der Waals surface area contributed by atoms with Crippen LogP contribution in [0.4, 0.5) is 5.88 Å². The van der Waals surface area contributed by atoms with Crippen molar-refractivity contribution in [3.05, 3.63) is 57.8 Å². The molecule has 9 nitrogen and oxygen atoms in total. The summed E-state index contributed by atoms with van der Waals surface area (Å²) in [4.78, 5) is 25.0. The Hall–Kier alpha value is -2.56. The molecule has 35 heavy (non-hydrogen) atoms. The van der Waals surface area contributed by atoms with Crippen molar-refractivity contribution < 1.29 is 22.6 Å². The van der Waals surface area contributed by atoms with Gasteiger partial charge in [-0.25, -0.2) is 8.42 Å². The number of rotatable bonds is 8. The molecule has 0 saturated carbocycles. The Balaban J connectivity index is 1.31. The van der Waals surface area contributed by atoms with Gasteiger partial charge in [-0.05, 0) is 68.3 Å². The van der Waals surface area contributed by atoms with Gasteiger partial charge in [0.2, 0.25) is 10.0 Å². The van der Waals surface area contributed by atoms with E-state index < -0.39 is 14.9 Å². The van der Waals surface area contributed by atoms with Crippen molar-refractivity contribution in [1.29, 1.82) is 0 Å². The highest BCUT2D eigenvalue weighted by Crippen LogP contribution is 2.42. The van der Waals surface area contributed by atoms with Crippen molar-refractivity contribution in [3.63, 3.8) is 0 Å². The van der Waals surface area contributed by atoms with Gasteiger partial charge in [0.05, 0.1) is 17.5 Å². The lowest BCUT2D eigenvalue weighted by Gasteiger charge is -2.46. The molecule has 0 atom stereocenters. The number of hydrogen-bond acceptors (Lipinski definition) is 7. The fraction of sp³-hybridized carbons (Fsp3) is 0.560. The number of furan rings is 1. The number of nitro groups is 1. The Kier molecular flexibility index (Phi) is 7.44. The first-order valence-corrected chi connectivity index (χ1v) is 13.6. The quantitative estimate of drug-likeness (QED) is 0.296. The molecule has 2 aromatic rings. The summed E-state index contributed by atoms with van der Waals surface area (Å²) in [6.45, 7) is 7.19. The van der Waals surface area contributed by atoms with E-state index >= 15 is 0 Å². The molecule has 4 rings (SSSR count). The zero-order valence-corrected chi connectivity index (χ0v) is 21.1. The molecule has 2 saturated heterocycles. The maximum Gasteiger partial charge on any atom is 0.433 e. The molecule has 0 aliphatic carbocycles. The monoisotopic (exact) mass is 503 g/mol. The molecule has 1 spiro atoms. The summed E-state index contributed by atoms with van der Waals surface area (Å²) in [6, 6.07) is 9.36. The van der Waals surface area contributed by atoms with Gasteiger partial charge in [0.15, 0.2) is 5.78 Å². The first-order chi connectivity index (χ1) is 16.6. The van der Waals surface area contributed by atoms with Crippen LogP contribution in [0.25, 0.3) is 0 Å². The van der Waals surface area contributed by atoms with Crippen LogP contribution in [0.2, 0.25) is 0 Å². The fourth-order valence-corrected chi connectivity index (χ4v) is 6.55. The number of benzene rings is 1. The summed E-state index contributed by atoms with van der Waals surface area (Å²) < 4.78 is 33.2. The summed E-state index contributed by atoms with van der Waals surface area (Å²) in [7, 11) is -3.59. The molecule has 2 aliphatic heterocycles. The second-order valence-corrected chi connectivity index (χ2v) is 12.2. The van der Waals surface area contributed by atoms with Gasteiger partial charge < -0.3 is 4.42 Å². The lowest BCUT2D eigenvalue weighted by Crippen LogP contribution is -2.48. The van der Waals surface area contributed by atoms with Crippen molar-refractivity contribution in [2.45, 2.75) is 57.4 Å². The van der Waals surface area contributed by atoms with Crippen LogP contribution < -0.4 is 0 Å². The minimum atomic E-state index is -3.59. The third-order valence-electron chi connectivity index (χ3n) is 7.31. The van der Waals surface area contributed by atoms with Crippen LogP contribution in [0, 0.1) is 21.4 Å². The Morgan fingerprint density at radius 1 is 1.03 bits per heavy atom. The lowest BCUT2D eigenvalue weighted by atomic mass is 9.71. The molecule has 190 valence electrons. The number of sulfonamides is 1. The van der Waals surface area contributed by atoms with Gasteiger partial charge in [0.25, 0.3) is 0 Å². The van der Waals surface area contributed by atoms with Crippen LogP contribution >= 0.6 is 0 Å². The van der Waals surface area contributed by atoms with Gasteiger partial charge in [-0.2, -0.15) is 4.31 Å². The van der Waals surface area contributed by atoms with E-state index in [2.05, 4.69) is 4.90 Å². The minimum Gasteiger partial charge on any atom is -0.404 e. The van der Waals surface area contributed by atoms with Crippen LogP contribution in [0.5, 0.6) is 0 Å². The van der Waals surface area contributed by atoms with Crippen molar-refractivity contribution in [2.24, 2.45) is 11.3 Å². The first-order valence-electron chi connectivity index (χ1n) is 12.2. The third-order valence-corrected chi connectivity index (χ3v) is 9.23. The zero-order chi connectivity index (χ0) is 25.2. The number of piperidine rings is 2. The smallest absolute Gasteiger partial charge is 0.404 e. The summed E-state index contributed by atoms with van der Waals surface area (Å²) in [5.41, 5.74) is 0.677. The summed E-state index contributed by atoms with van der Waals surface area (Å²) >= 11 is 0. The highest BCUT2D eigenvalue weighted by atomic mass is 32.2. The number of likely N-dealkylation sites (tertiary alicyclic amines) is 1. The average Bonchev–Trinajstić information content (AvgIpc) is 3.30. The van der Waals surface area contributed by atoms with Crippen LogP contribution in [-0.2, 0) is 16.6 Å². The highest BCUT2D eigenvalue weighted by molar-refractivity contribution is 7.89. The normalized spacial score (nSPS) is 19.3. The standard InChI is InChI=1S/C25H33N3O6S/c1-19(2)17-23(29)20-3-6-22(7-4-20)35(32,33)27-15-11-25(12-16-27)9-13-26(14-10-25)18-21-5-8-24(34-21)28(30)31/h3-8,19H,9-18H2,1-2H3. The molecule has 0 amide bonds. The third kappa shape index (κ3) is 5.82. The zero-order valence-electron chi connectivity index (χ0n) is 20.3. The second-order valence-electron chi connectivity index (χ2n) is 10.2. The van der Waals surface area contributed by atoms with Gasteiger partial charge in [-0.1, -0.05) is 26.0 Å². The van der Waals surface area contributed by atoms with E-state index in [0.29, 0.717) is 37.4 Å². The topological polar surface area (TPSA) is 114 Å². The van der Waals surface area contributed by atoms with Gasteiger partial charge in [0.1, 0.15) is 10.7 Å². The molecule has 0 bridgehead atoms. The van der Waals surface area contributed by atoms with E-state index in [9.17, 15) is 23.3 Å². The number of carbonyl (C=O) groups is 1. The van der Waals surface area contributed by atoms with E-state index in [1.165, 1.54) is 6.07 Å². The largest absolute Gasteiger partial charge is 0.433 e. The first kappa shape index (κ1) is 25.5. The highest BCUT2D eigenvalue weighted by Gasteiger charge is 2.40. The van der Waals surface area contributed by atoms with Crippen molar-refractivity contribution >= 4 is 21.7 Å². The molecular formula is C25H33N3O6S. The molecule has 0 N–H and O–H groups in total. The number of nitrogens with zero attached hydrogens (tertiary/aromatic N) is 3. The maximum atomic E-state index is 13.2. The van der Waals surface area contributed by atoms with Gasteiger partial charge in [-0.15, -0.1) is 0 Å². The van der Waals surface area contributed by atoms with Crippen molar-refractivity contribution in [3.8, 4) is 0 Å². The molecule has 3 heterocycles. The van der Waals surface area contributed by atoms with Gasteiger partial charge in [0, 0.05) is 25.1 Å². The summed E-state index contributed by atoms with van der Waals surface area (Å²) in [5.74, 6) is 0.634. The van der Waals surface area contributed by atoms with Crippen molar-refractivity contribution in [2.75, 3.05) is 26.2 Å². The summed E-state index contributed by atoms with van der Waals surface area (Å²) in [5, 5.41) is 10.8. The number of carbonyl (C=O) groups excluding carboxylic acids is 1. The Morgan fingerprint density at radius 3 is 2.17 bits per heavy atom. The Bertz CT molecular complexity index is 1150. The molecule has 1 aromatic heterocycles. The molecule has 0 radical (unpaired) electrons. The Morgan fingerprint density at radius 2 is 1.63 bits per heavy atom. The molecule has 0 unspecified atom stereocenters. The van der Waals surface area contributed by atoms with E-state index in [1.54, 1.807) is 34.6 Å². The fourth-order valence-electron chi connectivity index (χ4n) is 5.11. The summed E-state index contributed by atoms with van der Waals surface area (Å²) in [6.07, 6.45) is 4.01. The van der Waals surface area contributed by atoms with Gasteiger partial charge in [-0.3, -0.25) is 19.8 Å². The SMILES string of the molecule is CC(C)CC(=O)c1ccc(S(=O)(=O)N2CCC3(CCN(Cc4ccc([N+](=O)[O-])o4)CC3)CC2)cc1. The van der Waals surface area contributed by atoms with E-state index in [0.717, 1.165) is 38.8 Å². The van der Waals surface area contributed by atoms with E-state index in [4.69, 9.17) is 4.42 Å². The van der Waals surface area contributed by atoms with Crippen molar-refractivity contribution in [1.82, 2.24) is 9.21 Å². The Labute approximate surface area is 206 Å². The van der Waals surface area contributed by atoms with Crippen LogP contribution in [0.1, 0.15) is 62.1 Å². The molecule has 2 fully saturated rings.